The van der Waals surface area contributed by atoms with Gasteiger partial charge in [-0.25, -0.2) is 23.3 Å². The molecule has 2 atom stereocenters. The zero-order chi connectivity index (χ0) is 20.0. The van der Waals surface area contributed by atoms with E-state index in [9.17, 15) is 23.4 Å². The molecule has 2 aromatic carbocycles. The molecule has 27 heavy (non-hydrogen) atoms. The Balaban J connectivity index is 2.12. The van der Waals surface area contributed by atoms with E-state index < -0.39 is 27.8 Å². The van der Waals surface area contributed by atoms with Crippen LogP contribution in [0.4, 0.5) is 5.69 Å². The molecule has 1 aliphatic heterocycles. The molecule has 1 heterocycles. The van der Waals surface area contributed by atoms with Crippen molar-refractivity contribution in [3.05, 3.63) is 59.1 Å². The number of carboxylic acid groups (broad SMARTS) is 1. The van der Waals surface area contributed by atoms with E-state index in [1.165, 1.54) is 36.1 Å². The molecule has 0 saturated heterocycles. The number of nitrogens with two attached hydrogens (primary N) is 1. The van der Waals surface area contributed by atoms with Crippen LogP contribution in [0.1, 0.15) is 12.5 Å². The molecule has 0 aliphatic carbocycles. The molecule has 0 saturated carbocycles. The van der Waals surface area contributed by atoms with Gasteiger partial charge in [-0.2, -0.15) is 0 Å². The number of aliphatic hydroxyl groups is 1. The molecule has 10 heteroatoms. The Morgan fingerprint density at radius 1 is 1.19 bits per heavy atom. The van der Waals surface area contributed by atoms with Gasteiger partial charge < -0.3 is 15.1 Å². The van der Waals surface area contributed by atoms with Gasteiger partial charge >= 0.3 is 5.97 Å². The quantitative estimate of drug-likeness (QED) is 0.699. The summed E-state index contributed by atoms with van der Waals surface area (Å²) in [6.45, 7) is 1.51. The second-order valence-corrected chi connectivity index (χ2v) is 8.06. The third-order valence-corrected chi connectivity index (χ3v) is 5.52. The number of aliphatic imine (C=N–C) groups is 1. The van der Waals surface area contributed by atoms with Crippen LogP contribution in [0, 0.1) is 0 Å². The van der Waals surface area contributed by atoms with Crippen molar-refractivity contribution in [2.24, 2.45) is 10.1 Å². The molecule has 4 N–H and O–H groups in total. The van der Waals surface area contributed by atoms with E-state index in [4.69, 9.17) is 16.7 Å². The van der Waals surface area contributed by atoms with Gasteiger partial charge in [-0.1, -0.05) is 11.6 Å². The first kappa shape index (κ1) is 19.3. The molecule has 0 aromatic heterocycles. The second kappa shape index (κ2) is 6.61. The van der Waals surface area contributed by atoms with Crippen LogP contribution in [0.5, 0.6) is 0 Å². The van der Waals surface area contributed by atoms with E-state index in [0.717, 1.165) is 0 Å². The first-order valence-corrected chi connectivity index (χ1v) is 9.70. The van der Waals surface area contributed by atoms with Crippen LogP contribution in [0.3, 0.4) is 0 Å². The molecule has 8 nitrogen and oxygen atoms in total. The number of hydrogen-bond donors (Lipinski definition) is 3. The number of nitrogens with zero attached hydrogens (tertiary/aromatic N) is 2. The van der Waals surface area contributed by atoms with Crippen LogP contribution in [-0.2, 0) is 14.8 Å². The lowest BCUT2D eigenvalue weighted by Gasteiger charge is -2.29. The minimum absolute atomic E-state index is 0.0865. The largest absolute Gasteiger partial charge is 0.478 e. The maximum absolute atomic E-state index is 11.6. The highest BCUT2D eigenvalue weighted by molar-refractivity contribution is 7.89. The van der Waals surface area contributed by atoms with Crippen LogP contribution in [0.15, 0.2) is 58.4 Å². The van der Waals surface area contributed by atoms with Crippen LogP contribution < -0.4 is 10.0 Å². The van der Waals surface area contributed by atoms with E-state index in [1.807, 2.05) is 0 Å². The van der Waals surface area contributed by atoms with Crippen molar-refractivity contribution >= 4 is 39.1 Å². The fourth-order valence-corrected chi connectivity index (χ4v) is 3.49. The lowest BCUT2D eigenvalue weighted by molar-refractivity contribution is -0.158. The Hall–Kier alpha value is -2.46. The lowest BCUT2D eigenvalue weighted by Crippen LogP contribution is -2.50. The maximum atomic E-state index is 11.6. The molecule has 3 rings (SSSR count). The van der Waals surface area contributed by atoms with Gasteiger partial charge in [-0.3, -0.25) is 0 Å². The number of benzene rings is 2. The predicted molar refractivity (Wildman–Crippen MR) is 100 cm³/mol. The van der Waals surface area contributed by atoms with Crippen molar-refractivity contribution in [1.29, 1.82) is 0 Å². The van der Waals surface area contributed by atoms with Crippen LogP contribution in [0.25, 0.3) is 0 Å². The minimum atomic E-state index is -3.87. The van der Waals surface area contributed by atoms with Gasteiger partial charge in [0.05, 0.1) is 10.9 Å². The van der Waals surface area contributed by atoms with Crippen molar-refractivity contribution in [3.8, 4) is 0 Å². The van der Waals surface area contributed by atoms with Gasteiger partial charge in [0.1, 0.15) is 5.84 Å². The van der Waals surface area contributed by atoms with Crippen molar-refractivity contribution < 1.29 is 23.4 Å². The Kier molecular flexibility index (Phi) is 4.73. The van der Waals surface area contributed by atoms with E-state index in [2.05, 4.69) is 4.99 Å². The molecule has 0 radical (unpaired) electrons. The molecule has 2 aromatic rings. The third kappa shape index (κ3) is 3.42. The molecule has 0 fully saturated rings. The Morgan fingerprint density at radius 3 is 2.22 bits per heavy atom. The van der Waals surface area contributed by atoms with Crippen molar-refractivity contribution in [3.63, 3.8) is 0 Å². The second-order valence-electron chi connectivity index (χ2n) is 6.06. The summed E-state index contributed by atoms with van der Waals surface area (Å²) in [6.07, 6.45) is 0. The number of anilines is 1. The Morgan fingerprint density at radius 2 is 1.74 bits per heavy atom. The standard InChI is InChI=1S/C17H16ClN3O5S/c1-10-17(24,16(22)23)20-15(11-2-4-12(18)5-3-11)21(10)13-6-8-14(9-7-13)27(19,25)26/h2-10,24H,1H3,(H,22,23)(H2,19,25,26). The highest BCUT2D eigenvalue weighted by Gasteiger charge is 2.51. The molecule has 1 aliphatic rings. The highest BCUT2D eigenvalue weighted by Crippen LogP contribution is 2.34. The Bertz CT molecular complexity index is 1020. The number of carboxylic acids is 1. The summed E-state index contributed by atoms with van der Waals surface area (Å²) >= 11 is 5.90. The highest BCUT2D eigenvalue weighted by atomic mass is 35.5. The summed E-state index contributed by atoms with van der Waals surface area (Å²) in [6, 6.07) is 11.1. The SMILES string of the molecule is CC1N(c2ccc(S(N)(=O)=O)cc2)C(c2ccc(Cl)cc2)=NC1(O)C(=O)O. The lowest BCUT2D eigenvalue weighted by atomic mass is 10.1. The molecular formula is C17H16ClN3O5S. The van der Waals surface area contributed by atoms with E-state index >= 15 is 0 Å². The maximum Gasteiger partial charge on any atom is 0.361 e. The number of halogens is 1. The predicted octanol–water partition coefficient (Wildman–Crippen LogP) is 1.42. The number of carbonyl (C=O) groups is 1. The molecule has 2 unspecified atom stereocenters. The first-order valence-electron chi connectivity index (χ1n) is 7.77. The number of amidine groups is 1. The average molecular weight is 410 g/mol. The topological polar surface area (TPSA) is 133 Å². The van der Waals surface area contributed by atoms with E-state index in [-0.39, 0.29) is 10.7 Å². The number of rotatable bonds is 4. The molecular weight excluding hydrogens is 394 g/mol. The van der Waals surface area contributed by atoms with Gasteiger partial charge in [-0.05, 0) is 55.5 Å². The smallest absolute Gasteiger partial charge is 0.361 e. The van der Waals surface area contributed by atoms with E-state index in [1.54, 1.807) is 24.3 Å². The zero-order valence-electron chi connectivity index (χ0n) is 14.1. The summed E-state index contributed by atoms with van der Waals surface area (Å²) < 4.78 is 22.9. The Labute approximate surface area is 160 Å². The summed E-state index contributed by atoms with van der Waals surface area (Å²) in [5.74, 6) is -1.28. The minimum Gasteiger partial charge on any atom is -0.478 e. The van der Waals surface area contributed by atoms with Gasteiger partial charge in [0.15, 0.2) is 0 Å². The normalized spacial score (nSPS) is 22.6. The summed E-state index contributed by atoms with van der Waals surface area (Å²) in [7, 11) is -3.87. The van der Waals surface area contributed by atoms with E-state index in [0.29, 0.717) is 16.3 Å². The average Bonchev–Trinajstić information content (AvgIpc) is 2.88. The van der Waals surface area contributed by atoms with Crippen LogP contribution >= 0.6 is 11.6 Å². The van der Waals surface area contributed by atoms with Crippen LogP contribution in [0.2, 0.25) is 5.02 Å². The molecule has 0 spiro atoms. The van der Waals surface area contributed by atoms with Gasteiger partial charge in [-0.15, -0.1) is 0 Å². The fraction of sp³-hybridized carbons (Fsp3) is 0.176. The zero-order valence-corrected chi connectivity index (χ0v) is 15.6. The summed E-state index contributed by atoms with van der Waals surface area (Å²) in [4.78, 5) is 17.1. The van der Waals surface area contributed by atoms with Gasteiger partial charge in [0, 0.05) is 16.3 Å². The van der Waals surface area contributed by atoms with Gasteiger partial charge in [0.25, 0.3) is 5.72 Å². The number of hydrogen-bond acceptors (Lipinski definition) is 6. The van der Waals surface area contributed by atoms with Crippen LogP contribution in [-0.4, -0.2) is 42.2 Å². The van der Waals surface area contributed by atoms with Crippen molar-refractivity contribution in [2.75, 3.05) is 4.90 Å². The number of aliphatic carboxylic acids is 1. The number of sulfonamides is 1. The number of primary sulfonamides is 1. The van der Waals surface area contributed by atoms with Gasteiger partial charge in [0.2, 0.25) is 10.0 Å². The molecule has 0 bridgehead atoms. The third-order valence-electron chi connectivity index (χ3n) is 4.34. The van der Waals surface area contributed by atoms with Crippen molar-refractivity contribution in [1.82, 2.24) is 0 Å². The summed E-state index contributed by atoms with van der Waals surface area (Å²) in [5.41, 5.74) is -1.38. The molecule has 142 valence electrons. The summed E-state index contributed by atoms with van der Waals surface area (Å²) in [5, 5.41) is 25.6. The molecule has 0 amide bonds. The fourth-order valence-electron chi connectivity index (χ4n) is 2.84. The monoisotopic (exact) mass is 409 g/mol. The first-order chi connectivity index (χ1) is 12.5. The van der Waals surface area contributed by atoms with Crippen molar-refractivity contribution in [2.45, 2.75) is 23.6 Å².